The molecule has 3 rings (SSSR count). The molecule has 1 fully saturated rings. The average molecular weight is 436 g/mol. The van der Waals surface area contributed by atoms with E-state index in [1.54, 1.807) is 24.0 Å². The van der Waals surface area contributed by atoms with Crippen molar-refractivity contribution in [3.05, 3.63) is 70.5 Å². The lowest BCUT2D eigenvalue weighted by molar-refractivity contribution is -0.138. The van der Waals surface area contributed by atoms with Gasteiger partial charge in [-0.15, -0.1) is 0 Å². The summed E-state index contributed by atoms with van der Waals surface area (Å²) >= 11 is 0. The van der Waals surface area contributed by atoms with Gasteiger partial charge in [-0.3, -0.25) is 9.59 Å². The number of nitrogens with one attached hydrogen (secondary N) is 1. The third-order valence-corrected chi connectivity index (χ3v) is 5.64. The Morgan fingerprint density at radius 2 is 1.87 bits per heavy atom. The molecule has 0 unspecified atom stereocenters. The lowest BCUT2D eigenvalue weighted by Gasteiger charge is -2.39. The van der Waals surface area contributed by atoms with Crippen molar-refractivity contribution in [2.75, 3.05) is 6.54 Å². The standard InChI is InChI=1S/C23H24F4N2O2/c1-14-10-17(6-8-20(14)24)21-9-7-18(13-29(21)15(2)30)22(31)28-12-16-4-3-5-19(11-16)23(25,26)27/h3-6,8,10-11,18,21H,7,9,12-13H2,1-2H3,(H,28,31)/t18-,21+/m1/s1. The fourth-order valence-electron chi connectivity index (χ4n) is 3.95. The smallest absolute Gasteiger partial charge is 0.352 e. The maximum Gasteiger partial charge on any atom is 0.416 e. The molecule has 2 aromatic rings. The van der Waals surface area contributed by atoms with Gasteiger partial charge < -0.3 is 10.2 Å². The fraction of sp³-hybridized carbons (Fsp3) is 0.391. The molecule has 8 heteroatoms. The van der Waals surface area contributed by atoms with Crippen LogP contribution >= 0.6 is 0 Å². The SMILES string of the molecule is CC(=O)N1C[C@H](C(=O)NCc2cccc(C(F)(F)F)c2)CC[C@H]1c1ccc(F)c(C)c1. The van der Waals surface area contributed by atoms with Gasteiger partial charge in [-0.25, -0.2) is 4.39 Å². The molecular weight excluding hydrogens is 412 g/mol. The van der Waals surface area contributed by atoms with Gasteiger partial charge in [-0.2, -0.15) is 13.2 Å². The third-order valence-electron chi connectivity index (χ3n) is 5.64. The number of nitrogens with zero attached hydrogens (tertiary/aromatic N) is 1. The number of piperidine rings is 1. The van der Waals surface area contributed by atoms with Crippen LogP contribution in [-0.2, 0) is 22.3 Å². The van der Waals surface area contributed by atoms with Crippen LogP contribution < -0.4 is 5.32 Å². The summed E-state index contributed by atoms with van der Waals surface area (Å²) in [5.74, 6) is -1.28. The monoisotopic (exact) mass is 436 g/mol. The molecule has 2 amide bonds. The lowest BCUT2D eigenvalue weighted by atomic mass is 9.88. The Balaban J connectivity index is 1.66. The first kappa shape index (κ1) is 22.8. The van der Waals surface area contributed by atoms with Gasteiger partial charge in [0.1, 0.15) is 5.82 Å². The van der Waals surface area contributed by atoms with Gasteiger partial charge in [0, 0.05) is 20.0 Å². The first-order valence-electron chi connectivity index (χ1n) is 10.0. The van der Waals surface area contributed by atoms with Crippen molar-refractivity contribution in [1.82, 2.24) is 10.2 Å². The molecule has 0 aliphatic carbocycles. The van der Waals surface area contributed by atoms with E-state index in [4.69, 9.17) is 0 Å². The summed E-state index contributed by atoms with van der Waals surface area (Å²) in [5, 5.41) is 2.68. The first-order chi connectivity index (χ1) is 14.6. The van der Waals surface area contributed by atoms with E-state index in [0.717, 1.165) is 17.7 Å². The largest absolute Gasteiger partial charge is 0.416 e. The number of hydrogen-bond acceptors (Lipinski definition) is 2. The van der Waals surface area contributed by atoms with Gasteiger partial charge in [0.2, 0.25) is 11.8 Å². The van der Waals surface area contributed by atoms with Gasteiger partial charge >= 0.3 is 6.18 Å². The highest BCUT2D eigenvalue weighted by Crippen LogP contribution is 2.34. The van der Waals surface area contributed by atoms with Crippen molar-refractivity contribution >= 4 is 11.8 Å². The predicted molar refractivity (Wildman–Crippen MR) is 107 cm³/mol. The predicted octanol–water partition coefficient (Wildman–Crippen LogP) is 4.77. The van der Waals surface area contributed by atoms with E-state index in [-0.39, 0.29) is 36.8 Å². The van der Waals surface area contributed by atoms with Crippen molar-refractivity contribution in [2.45, 2.75) is 45.5 Å². The van der Waals surface area contributed by atoms with Gasteiger partial charge in [-0.1, -0.05) is 24.3 Å². The molecule has 0 spiro atoms. The maximum absolute atomic E-state index is 13.6. The lowest BCUT2D eigenvalue weighted by Crippen LogP contribution is -2.46. The van der Waals surface area contributed by atoms with E-state index < -0.39 is 17.7 Å². The highest BCUT2D eigenvalue weighted by Gasteiger charge is 2.34. The number of halogens is 4. The highest BCUT2D eigenvalue weighted by molar-refractivity contribution is 5.81. The molecule has 1 aliphatic rings. The molecular formula is C23H24F4N2O2. The van der Waals surface area contributed by atoms with Crippen LogP contribution in [0.4, 0.5) is 17.6 Å². The highest BCUT2D eigenvalue weighted by atomic mass is 19.4. The number of hydrogen-bond donors (Lipinski definition) is 1. The minimum absolute atomic E-state index is 0.0279. The summed E-state index contributed by atoms with van der Waals surface area (Å²) in [4.78, 5) is 26.5. The topological polar surface area (TPSA) is 49.4 Å². The Bertz CT molecular complexity index is 974. The normalized spacial score (nSPS) is 19.2. The zero-order valence-corrected chi connectivity index (χ0v) is 17.3. The Labute approximate surface area is 178 Å². The third kappa shape index (κ3) is 5.42. The number of benzene rings is 2. The Morgan fingerprint density at radius 1 is 1.13 bits per heavy atom. The van der Waals surface area contributed by atoms with Crippen LogP contribution in [-0.4, -0.2) is 23.3 Å². The van der Waals surface area contributed by atoms with E-state index in [1.807, 2.05) is 0 Å². The van der Waals surface area contributed by atoms with Crippen LogP contribution in [0.1, 0.15) is 48.1 Å². The Kier molecular flexibility index (Phi) is 6.67. The van der Waals surface area contributed by atoms with E-state index in [1.165, 1.54) is 25.1 Å². The fourth-order valence-corrected chi connectivity index (χ4v) is 3.95. The van der Waals surface area contributed by atoms with Crippen LogP contribution in [0.5, 0.6) is 0 Å². The Hall–Kier alpha value is -2.90. The molecule has 1 heterocycles. The number of alkyl halides is 3. The second kappa shape index (κ2) is 9.08. The van der Waals surface area contributed by atoms with Gasteiger partial charge in [-0.05, 0) is 54.7 Å². The molecule has 166 valence electrons. The molecule has 1 saturated heterocycles. The quantitative estimate of drug-likeness (QED) is 0.702. The Morgan fingerprint density at radius 3 is 2.52 bits per heavy atom. The first-order valence-corrected chi connectivity index (χ1v) is 10.0. The van der Waals surface area contributed by atoms with Crippen molar-refractivity contribution in [3.63, 3.8) is 0 Å². The van der Waals surface area contributed by atoms with E-state index in [9.17, 15) is 27.2 Å². The molecule has 2 aromatic carbocycles. The van der Waals surface area contributed by atoms with Crippen LogP contribution in [0.2, 0.25) is 0 Å². The molecule has 1 aliphatic heterocycles. The number of carbonyl (C=O) groups excluding carboxylic acids is 2. The molecule has 31 heavy (non-hydrogen) atoms. The summed E-state index contributed by atoms with van der Waals surface area (Å²) in [6.07, 6.45) is -3.40. The van der Waals surface area contributed by atoms with Crippen molar-refractivity contribution in [2.24, 2.45) is 5.92 Å². The minimum atomic E-state index is -4.45. The number of rotatable bonds is 4. The van der Waals surface area contributed by atoms with Crippen LogP contribution in [0.25, 0.3) is 0 Å². The maximum atomic E-state index is 13.6. The summed E-state index contributed by atoms with van der Waals surface area (Å²) in [6.45, 7) is 3.25. The van der Waals surface area contributed by atoms with Gasteiger partial charge in [0.05, 0.1) is 17.5 Å². The molecule has 0 radical (unpaired) electrons. The number of likely N-dealkylation sites (tertiary alicyclic amines) is 1. The number of carbonyl (C=O) groups is 2. The van der Waals surface area contributed by atoms with Crippen molar-refractivity contribution in [3.8, 4) is 0 Å². The average Bonchev–Trinajstić information content (AvgIpc) is 2.73. The van der Waals surface area contributed by atoms with Crippen molar-refractivity contribution in [1.29, 1.82) is 0 Å². The van der Waals surface area contributed by atoms with Crippen LogP contribution in [0, 0.1) is 18.7 Å². The van der Waals surface area contributed by atoms with E-state index in [2.05, 4.69) is 5.32 Å². The van der Waals surface area contributed by atoms with E-state index >= 15 is 0 Å². The van der Waals surface area contributed by atoms with Crippen LogP contribution in [0.15, 0.2) is 42.5 Å². The van der Waals surface area contributed by atoms with Crippen LogP contribution in [0.3, 0.4) is 0 Å². The minimum Gasteiger partial charge on any atom is -0.352 e. The molecule has 0 aromatic heterocycles. The van der Waals surface area contributed by atoms with Gasteiger partial charge in [0.25, 0.3) is 0 Å². The molecule has 2 atom stereocenters. The second-order valence-electron chi connectivity index (χ2n) is 7.89. The number of amides is 2. The number of aryl methyl sites for hydroxylation is 1. The summed E-state index contributed by atoms with van der Waals surface area (Å²) in [7, 11) is 0. The molecule has 0 bridgehead atoms. The summed E-state index contributed by atoms with van der Waals surface area (Å²) in [5.41, 5.74) is 0.887. The second-order valence-corrected chi connectivity index (χ2v) is 7.89. The molecule has 0 saturated carbocycles. The zero-order valence-electron chi connectivity index (χ0n) is 17.3. The summed E-state index contributed by atoms with van der Waals surface area (Å²) in [6, 6.07) is 9.30. The van der Waals surface area contributed by atoms with E-state index in [0.29, 0.717) is 24.0 Å². The van der Waals surface area contributed by atoms with Crippen molar-refractivity contribution < 1.29 is 27.2 Å². The zero-order chi connectivity index (χ0) is 22.8. The van der Waals surface area contributed by atoms with Gasteiger partial charge in [0.15, 0.2) is 0 Å². The summed E-state index contributed by atoms with van der Waals surface area (Å²) < 4.78 is 52.2. The molecule has 1 N–H and O–H groups in total. The molecule has 4 nitrogen and oxygen atoms in total.